The molecule has 0 aliphatic carbocycles. The quantitative estimate of drug-likeness (QED) is 0.464. The highest BCUT2D eigenvalue weighted by Gasteiger charge is 2.07. The molecule has 0 saturated heterocycles. The summed E-state index contributed by atoms with van der Waals surface area (Å²) in [7, 11) is 0. The molecule has 0 bridgehead atoms. The predicted molar refractivity (Wildman–Crippen MR) is 123 cm³/mol. The van der Waals surface area contributed by atoms with Crippen LogP contribution in [0.3, 0.4) is 0 Å². The predicted octanol–water partition coefficient (Wildman–Crippen LogP) is 5.27. The Labute approximate surface area is 181 Å². The molecule has 0 aliphatic rings. The standard InChI is InChI=1S/C24H24ClN3O2/c1-17-21(25)11-6-12-22(17)26-16-24(30)28-20-10-5-9-19(15-20)27-23(29)14-13-18-7-3-2-4-8-18/h2-12,15,26H,13-14,16H2,1H3,(H,27,29)(H,28,30). The van der Waals surface area contributed by atoms with Gasteiger partial charge in [-0.3, -0.25) is 9.59 Å². The number of carbonyl (C=O) groups excluding carboxylic acids is 2. The lowest BCUT2D eigenvalue weighted by Gasteiger charge is -2.12. The summed E-state index contributed by atoms with van der Waals surface area (Å²) < 4.78 is 0. The molecule has 0 aromatic heterocycles. The Morgan fingerprint density at radius 3 is 2.23 bits per heavy atom. The molecular weight excluding hydrogens is 398 g/mol. The maximum Gasteiger partial charge on any atom is 0.243 e. The van der Waals surface area contributed by atoms with Crippen LogP contribution in [0.5, 0.6) is 0 Å². The molecule has 6 heteroatoms. The van der Waals surface area contributed by atoms with Crippen molar-refractivity contribution in [3.05, 3.63) is 88.9 Å². The van der Waals surface area contributed by atoms with Crippen molar-refractivity contribution in [2.75, 3.05) is 22.5 Å². The van der Waals surface area contributed by atoms with Gasteiger partial charge in [0.1, 0.15) is 0 Å². The molecule has 30 heavy (non-hydrogen) atoms. The highest BCUT2D eigenvalue weighted by atomic mass is 35.5. The number of nitrogens with one attached hydrogen (secondary N) is 3. The molecule has 0 fully saturated rings. The van der Waals surface area contributed by atoms with E-state index in [2.05, 4.69) is 16.0 Å². The first kappa shape index (κ1) is 21.4. The number of aryl methyl sites for hydroxylation is 1. The van der Waals surface area contributed by atoms with E-state index in [4.69, 9.17) is 11.6 Å². The smallest absolute Gasteiger partial charge is 0.243 e. The van der Waals surface area contributed by atoms with Crippen LogP contribution in [0, 0.1) is 6.92 Å². The van der Waals surface area contributed by atoms with E-state index in [1.54, 1.807) is 24.3 Å². The maximum absolute atomic E-state index is 12.3. The molecule has 0 heterocycles. The van der Waals surface area contributed by atoms with Crippen molar-refractivity contribution < 1.29 is 9.59 Å². The molecule has 3 rings (SSSR count). The Kier molecular flexibility index (Phi) is 7.46. The number of anilines is 3. The van der Waals surface area contributed by atoms with Gasteiger partial charge in [-0.25, -0.2) is 0 Å². The summed E-state index contributed by atoms with van der Waals surface area (Å²) in [6, 6.07) is 22.5. The lowest BCUT2D eigenvalue weighted by Crippen LogP contribution is -2.22. The average molecular weight is 422 g/mol. The van der Waals surface area contributed by atoms with Crippen molar-refractivity contribution in [1.29, 1.82) is 0 Å². The van der Waals surface area contributed by atoms with E-state index < -0.39 is 0 Å². The largest absolute Gasteiger partial charge is 0.376 e. The Hall–Kier alpha value is -3.31. The van der Waals surface area contributed by atoms with Crippen molar-refractivity contribution in [1.82, 2.24) is 0 Å². The van der Waals surface area contributed by atoms with Crippen LogP contribution in [0.15, 0.2) is 72.8 Å². The number of hydrogen-bond acceptors (Lipinski definition) is 3. The summed E-state index contributed by atoms with van der Waals surface area (Å²) in [6.45, 7) is 2.00. The van der Waals surface area contributed by atoms with E-state index in [0.29, 0.717) is 29.2 Å². The molecule has 3 aromatic carbocycles. The Balaban J connectivity index is 1.50. The summed E-state index contributed by atoms with van der Waals surface area (Å²) >= 11 is 6.10. The van der Waals surface area contributed by atoms with E-state index in [1.807, 2.05) is 55.5 Å². The van der Waals surface area contributed by atoms with Crippen molar-refractivity contribution >= 4 is 40.5 Å². The number of amides is 2. The number of halogens is 1. The van der Waals surface area contributed by atoms with Gasteiger partial charge in [0.05, 0.1) is 6.54 Å². The van der Waals surface area contributed by atoms with E-state index in [9.17, 15) is 9.59 Å². The molecule has 0 atom stereocenters. The van der Waals surface area contributed by atoms with Gasteiger partial charge in [0.15, 0.2) is 0 Å². The van der Waals surface area contributed by atoms with Crippen LogP contribution < -0.4 is 16.0 Å². The van der Waals surface area contributed by atoms with E-state index in [0.717, 1.165) is 16.8 Å². The zero-order valence-electron chi connectivity index (χ0n) is 16.7. The van der Waals surface area contributed by atoms with Crippen LogP contribution in [0.2, 0.25) is 5.02 Å². The van der Waals surface area contributed by atoms with Gasteiger partial charge in [-0.15, -0.1) is 0 Å². The van der Waals surface area contributed by atoms with Gasteiger partial charge in [0.2, 0.25) is 11.8 Å². The highest BCUT2D eigenvalue weighted by Crippen LogP contribution is 2.22. The topological polar surface area (TPSA) is 70.2 Å². The summed E-state index contributed by atoms with van der Waals surface area (Å²) in [6.07, 6.45) is 1.07. The van der Waals surface area contributed by atoms with Crippen LogP contribution in [-0.4, -0.2) is 18.4 Å². The Morgan fingerprint density at radius 2 is 1.50 bits per heavy atom. The molecule has 0 unspecified atom stereocenters. The van der Waals surface area contributed by atoms with Gasteiger partial charge in [-0.1, -0.05) is 54.1 Å². The minimum Gasteiger partial charge on any atom is -0.376 e. The van der Waals surface area contributed by atoms with Gasteiger partial charge in [0.25, 0.3) is 0 Å². The Bertz CT molecular complexity index is 1020. The maximum atomic E-state index is 12.3. The molecule has 3 N–H and O–H groups in total. The molecular formula is C24H24ClN3O2. The first-order valence-electron chi connectivity index (χ1n) is 9.74. The monoisotopic (exact) mass is 421 g/mol. The number of benzene rings is 3. The summed E-state index contributed by atoms with van der Waals surface area (Å²) in [5, 5.41) is 9.44. The molecule has 0 aliphatic heterocycles. The van der Waals surface area contributed by atoms with Crippen molar-refractivity contribution in [2.45, 2.75) is 19.8 Å². The normalized spacial score (nSPS) is 10.3. The fourth-order valence-corrected chi connectivity index (χ4v) is 3.15. The zero-order valence-corrected chi connectivity index (χ0v) is 17.5. The third kappa shape index (κ3) is 6.36. The van der Waals surface area contributed by atoms with Gasteiger partial charge >= 0.3 is 0 Å². The van der Waals surface area contributed by atoms with Crippen LogP contribution in [-0.2, 0) is 16.0 Å². The van der Waals surface area contributed by atoms with Crippen molar-refractivity contribution in [2.24, 2.45) is 0 Å². The summed E-state index contributed by atoms with van der Waals surface area (Å²) in [4.78, 5) is 24.5. The minimum atomic E-state index is -0.193. The Morgan fingerprint density at radius 1 is 0.833 bits per heavy atom. The fraction of sp³-hybridized carbons (Fsp3) is 0.167. The van der Waals surface area contributed by atoms with Crippen LogP contribution in [0.1, 0.15) is 17.5 Å². The lowest BCUT2D eigenvalue weighted by molar-refractivity contribution is -0.116. The van der Waals surface area contributed by atoms with Crippen molar-refractivity contribution in [3.8, 4) is 0 Å². The van der Waals surface area contributed by atoms with Gasteiger partial charge < -0.3 is 16.0 Å². The van der Waals surface area contributed by atoms with Crippen LogP contribution >= 0.6 is 11.6 Å². The molecule has 3 aromatic rings. The SMILES string of the molecule is Cc1c(Cl)cccc1NCC(=O)Nc1cccc(NC(=O)CCc2ccccc2)c1. The second-order valence-corrected chi connectivity index (χ2v) is 7.34. The first-order chi connectivity index (χ1) is 14.5. The van der Waals surface area contributed by atoms with Crippen LogP contribution in [0.4, 0.5) is 17.1 Å². The first-order valence-corrected chi connectivity index (χ1v) is 10.1. The van der Waals surface area contributed by atoms with E-state index >= 15 is 0 Å². The molecule has 2 amide bonds. The number of rotatable bonds is 8. The number of carbonyl (C=O) groups is 2. The minimum absolute atomic E-state index is 0.0690. The lowest BCUT2D eigenvalue weighted by atomic mass is 10.1. The molecule has 0 radical (unpaired) electrons. The van der Waals surface area contributed by atoms with Crippen LogP contribution in [0.25, 0.3) is 0 Å². The molecule has 5 nitrogen and oxygen atoms in total. The fourth-order valence-electron chi connectivity index (χ4n) is 2.98. The highest BCUT2D eigenvalue weighted by molar-refractivity contribution is 6.31. The molecule has 0 saturated carbocycles. The summed E-state index contributed by atoms with van der Waals surface area (Å²) in [5.41, 5.74) is 4.09. The van der Waals surface area contributed by atoms with E-state index in [-0.39, 0.29) is 18.4 Å². The van der Waals surface area contributed by atoms with Gasteiger partial charge in [-0.05, 0) is 54.8 Å². The average Bonchev–Trinajstić information content (AvgIpc) is 2.74. The number of hydrogen-bond donors (Lipinski definition) is 3. The van der Waals surface area contributed by atoms with E-state index in [1.165, 1.54) is 0 Å². The third-order valence-electron chi connectivity index (χ3n) is 4.62. The molecule has 154 valence electrons. The second-order valence-electron chi connectivity index (χ2n) is 6.93. The van der Waals surface area contributed by atoms with Gasteiger partial charge in [0, 0.05) is 28.5 Å². The second kappa shape index (κ2) is 10.5. The molecule has 0 spiro atoms. The summed E-state index contributed by atoms with van der Waals surface area (Å²) in [5.74, 6) is -0.262. The third-order valence-corrected chi connectivity index (χ3v) is 5.03. The zero-order chi connectivity index (χ0) is 21.3. The van der Waals surface area contributed by atoms with Crippen molar-refractivity contribution in [3.63, 3.8) is 0 Å². The van der Waals surface area contributed by atoms with Gasteiger partial charge in [-0.2, -0.15) is 0 Å².